The van der Waals surface area contributed by atoms with Crippen LogP contribution in [0.15, 0.2) is 22.7 Å². The van der Waals surface area contributed by atoms with Gasteiger partial charge in [-0.3, -0.25) is 0 Å². The monoisotopic (exact) mass is 313 g/mol. The number of hydrogen-bond acceptors (Lipinski definition) is 3. The summed E-state index contributed by atoms with van der Waals surface area (Å²) in [5, 5.41) is 16.2. The molecule has 1 aromatic carbocycles. The number of aromatic nitrogens is 3. The van der Waals surface area contributed by atoms with E-state index in [1.54, 1.807) is 13.0 Å². The Bertz CT molecular complexity index is 612. The summed E-state index contributed by atoms with van der Waals surface area (Å²) in [5.41, 5.74) is 1.17. The third-order valence-electron chi connectivity index (χ3n) is 2.52. The average molecular weight is 314 g/mol. The van der Waals surface area contributed by atoms with Gasteiger partial charge in [-0.25, -0.2) is 13.9 Å². The second-order valence-corrected chi connectivity index (χ2v) is 4.58. The molecule has 94 valence electrons. The third-order valence-corrected chi connectivity index (χ3v) is 3.26. The van der Waals surface area contributed by atoms with E-state index < -0.39 is 5.97 Å². The molecule has 5 nitrogen and oxygen atoms in total. The Morgan fingerprint density at radius 3 is 2.83 bits per heavy atom. The van der Waals surface area contributed by atoms with Crippen LogP contribution in [0.1, 0.15) is 21.7 Å². The molecular weight excluding hydrogens is 305 g/mol. The summed E-state index contributed by atoms with van der Waals surface area (Å²) in [6.45, 7) is 1.95. The summed E-state index contributed by atoms with van der Waals surface area (Å²) in [6, 6.07) is 4.30. The van der Waals surface area contributed by atoms with Crippen LogP contribution >= 0.6 is 15.9 Å². The van der Waals surface area contributed by atoms with Crippen molar-refractivity contribution in [2.24, 2.45) is 0 Å². The number of rotatable bonds is 3. The predicted molar refractivity (Wildman–Crippen MR) is 64.9 cm³/mol. The topological polar surface area (TPSA) is 68.0 Å². The molecule has 0 aliphatic carbocycles. The summed E-state index contributed by atoms with van der Waals surface area (Å²) < 4.78 is 15.0. The van der Waals surface area contributed by atoms with Crippen LogP contribution in [0.25, 0.3) is 0 Å². The summed E-state index contributed by atoms with van der Waals surface area (Å²) in [6.07, 6.45) is 0. The van der Waals surface area contributed by atoms with Gasteiger partial charge in [0.05, 0.1) is 12.2 Å². The second kappa shape index (κ2) is 4.85. The summed E-state index contributed by atoms with van der Waals surface area (Å²) in [4.78, 5) is 10.8. The van der Waals surface area contributed by atoms with Gasteiger partial charge in [0.25, 0.3) is 0 Å². The minimum atomic E-state index is -1.11. The van der Waals surface area contributed by atoms with Crippen molar-refractivity contribution < 1.29 is 14.3 Å². The van der Waals surface area contributed by atoms with E-state index in [2.05, 4.69) is 26.2 Å². The quantitative estimate of drug-likeness (QED) is 0.943. The number of carboxylic acid groups (broad SMARTS) is 1. The molecule has 18 heavy (non-hydrogen) atoms. The van der Waals surface area contributed by atoms with E-state index in [9.17, 15) is 9.18 Å². The number of hydrogen-bond donors (Lipinski definition) is 1. The average Bonchev–Trinajstić information content (AvgIpc) is 2.64. The molecule has 0 atom stereocenters. The van der Waals surface area contributed by atoms with Gasteiger partial charge in [0.2, 0.25) is 0 Å². The van der Waals surface area contributed by atoms with E-state index in [0.717, 1.165) is 5.56 Å². The second-order valence-electron chi connectivity index (χ2n) is 3.72. The third kappa shape index (κ3) is 2.40. The Morgan fingerprint density at radius 1 is 1.56 bits per heavy atom. The highest BCUT2D eigenvalue weighted by atomic mass is 79.9. The van der Waals surface area contributed by atoms with Gasteiger partial charge in [-0.15, -0.1) is 5.10 Å². The number of carboxylic acids is 1. The first-order chi connectivity index (χ1) is 8.49. The molecule has 0 bridgehead atoms. The minimum Gasteiger partial charge on any atom is -0.476 e. The molecule has 1 heterocycles. The normalized spacial score (nSPS) is 10.6. The summed E-state index contributed by atoms with van der Waals surface area (Å²) >= 11 is 3.25. The Labute approximate surface area is 110 Å². The van der Waals surface area contributed by atoms with Crippen LogP contribution in [0.3, 0.4) is 0 Å². The SMILES string of the molecule is Cc1c(C(=O)O)nnn1Cc1ccc(F)cc1Br. The van der Waals surface area contributed by atoms with Gasteiger partial charge in [0.1, 0.15) is 5.82 Å². The van der Waals surface area contributed by atoms with Crippen molar-refractivity contribution in [3.05, 3.63) is 45.4 Å². The Kier molecular flexibility index (Phi) is 3.42. The van der Waals surface area contributed by atoms with Gasteiger partial charge in [0.15, 0.2) is 5.69 Å². The van der Waals surface area contributed by atoms with E-state index in [1.165, 1.54) is 16.8 Å². The van der Waals surface area contributed by atoms with E-state index in [0.29, 0.717) is 16.7 Å². The van der Waals surface area contributed by atoms with Gasteiger partial charge < -0.3 is 5.11 Å². The lowest BCUT2D eigenvalue weighted by Gasteiger charge is -2.06. The van der Waals surface area contributed by atoms with Crippen molar-refractivity contribution in [3.63, 3.8) is 0 Å². The van der Waals surface area contributed by atoms with Crippen molar-refractivity contribution in [3.8, 4) is 0 Å². The fourth-order valence-corrected chi connectivity index (χ4v) is 2.00. The van der Waals surface area contributed by atoms with E-state index in [-0.39, 0.29) is 11.5 Å². The molecule has 1 N–H and O–H groups in total. The van der Waals surface area contributed by atoms with E-state index in [4.69, 9.17) is 5.11 Å². The number of halogens is 2. The van der Waals surface area contributed by atoms with Crippen molar-refractivity contribution in [1.82, 2.24) is 15.0 Å². The smallest absolute Gasteiger partial charge is 0.358 e. The molecule has 0 saturated carbocycles. The standard InChI is InChI=1S/C11H9BrFN3O2/c1-6-10(11(17)18)14-15-16(6)5-7-2-3-8(13)4-9(7)12/h2-4H,5H2,1H3,(H,17,18). The van der Waals surface area contributed by atoms with Crippen LogP contribution in [-0.2, 0) is 6.54 Å². The van der Waals surface area contributed by atoms with Gasteiger partial charge in [-0.1, -0.05) is 27.2 Å². The van der Waals surface area contributed by atoms with Crippen LogP contribution in [-0.4, -0.2) is 26.1 Å². The molecule has 0 amide bonds. The zero-order valence-electron chi connectivity index (χ0n) is 9.39. The van der Waals surface area contributed by atoms with Crippen LogP contribution in [0.5, 0.6) is 0 Å². The fraction of sp³-hybridized carbons (Fsp3) is 0.182. The Hall–Kier alpha value is -1.76. The zero-order valence-corrected chi connectivity index (χ0v) is 11.0. The fourth-order valence-electron chi connectivity index (χ4n) is 1.52. The van der Waals surface area contributed by atoms with Crippen LogP contribution < -0.4 is 0 Å². The van der Waals surface area contributed by atoms with Crippen molar-refractivity contribution in [2.75, 3.05) is 0 Å². The molecule has 0 spiro atoms. The number of carbonyl (C=O) groups is 1. The Balaban J connectivity index is 2.32. The first-order valence-electron chi connectivity index (χ1n) is 5.06. The lowest BCUT2D eigenvalue weighted by atomic mass is 10.2. The number of nitrogens with zero attached hydrogens (tertiary/aromatic N) is 3. The van der Waals surface area contributed by atoms with Gasteiger partial charge >= 0.3 is 5.97 Å². The van der Waals surface area contributed by atoms with Crippen molar-refractivity contribution >= 4 is 21.9 Å². The van der Waals surface area contributed by atoms with Crippen LogP contribution in [0.4, 0.5) is 4.39 Å². The van der Waals surface area contributed by atoms with Crippen molar-refractivity contribution in [2.45, 2.75) is 13.5 Å². The molecule has 0 aliphatic rings. The maximum atomic E-state index is 12.9. The maximum absolute atomic E-state index is 12.9. The van der Waals surface area contributed by atoms with Crippen molar-refractivity contribution in [1.29, 1.82) is 0 Å². The maximum Gasteiger partial charge on any atom is 0.358 e. The lowest BCUT2D eigenvalue weighted by molar-refractivity contribution is 0.0689. The van der Waals surface area contributed by atoms with E-state index in [1.807, 2.05) is 0 Å². The van der Waals surface area contributed by atoms with Crippen LogP contribution in [0, 0.1) is 12.7 Å². The van der Waals surface area contributed by atoms with Gasteiger partial charge in [0, 0.05) is 4.47 Å². The molecule has 0 unspecified atom stereocenters. The molecule has 7 heteroatoms. The van der Waals surface area contributed by atoms with Crippen LogP contribution in [0.2, 0.25) is 0 Å². The first kappa shape index (κ1) is 12.7. The highest BCUT2D eigenvalue weighted by Crippen LogP contribution is 2.19. The Morgan fingerprint density at radius 2 is 2.28 bits per heavy atom. The lowest BCUT2D eigenvalue weighted by Crippen LogP contribution is -2.06. The molecule has 0 saturated heterocycles. The largest absolute Gasteiger partial charge is 0.476 e. The first-order valence-corrected chi connectivity index (χ1v) is 5.85. The van der Waals surface area contributed by atoms with Gasteiger partial charge in [-0.05, 0) is 24.6 Å². The molecule has 1 aromatic heterocycles. The molecule has 2 rings (SSSR count). The minimum absolute atomic E-state index is 0.0757. The molecule has 2 aromatic rings. The summed E-state index contributed by atoms with van der Waals surface area (Å²) in [7, 11) is 0. The predicted octanol–water partition coefficient (Wildman–Crippen LogP) is 2.23. The molecule has 0 radical (unpaired) electrons. The molecule has 0 fully saturated rings. The number of benzene rings is 1. The number of aromatic carboxylic acids is 1. The highest BCUT2D eigenvalue weighted by molar-refractivity contribution is 9.10. The van der Waals surface area contributed by atoms with Gasteiger partial charge in [-0.2, -0.15) is 0 Å². The highest BCUT2D eigenvalue weighted by Gasteiger charge is 2.15. The summed E-state index contributed by atoms with van der Waals surface area (Å²) in [5.74, 6) is -1.45. The molecule has 0 aliphatic heterocycles. The van der Waals surface area contributed by atoms with E-state index >= 15 is 0 Å². The zero-order chi connectivity index (χ0) is 13.3. The molecular formula is C11H9BrFN3O2.